The molecule has 1 amide bonds. The molecule has 0 aliphatic heterocycles. The van der Waals surface area contributed by atoms with Crippen LogP contribution in [0.5, 0.6) is 5.75 Å². The van der Waals surface area contributed by atoms with Crippen LogP contribution in [-0.2, 0) is 0 Å². The lowest BCUT2D eigenvalue weighted by atomic mass is 10.1. The first kappa shape index (κ1) is 15.3. The number of terminal acetylenes is 1. The van der Waals surface area contributed by atoms with Crippen LogP contribution >= 0.6 is 0 Å². The summed E-state index contributed by atoms with van der Waals surface area (Å²) in [7, 11) is 0. The van der Waals surface area contributed by atoms with Gasteiger partial charge < -0.3 is 10.1 Å². The number of nitrogens with one attached hydrogen (secondary N) is 1. The Kier molecular flexibility index (Phi) is 4.79. The Hall–Kier alpha value is -2.09. The molecule has 5 heteroatoms. The van der Waals surface area contributed by atoms with Crippen LogP contribution in [0.3, 0.4) is 0 Å². The topological polar surface area (TPSA) is 38.3 Å². The summed E-state index contributed by atoms with van der Waals surface area (Å²) >= 11 is 0. The van der Waals surface area contributed by atoms with Gasteiger partial charge in [-0.25, -0.2) is 8.78 Å². The molecule has 0 bridgehead atoms. The van der Waals surface area contributed by atoms with Crippen LogP contribution in [0, 0.1) is 29.9 Å². The Bertz CT molecular complexity index is 557. The Morgan fingerprint density at radius 3 is 2.62 bits per heavy atom. The van der Waals surface area contributed by atoms with E-state index in [0.717, 1.165) is 31.4 Å². The fourth-order valence-corrected chi connectivity index (χ4v) is 2.55. The number of rotatable bonds is 4. The van der Waals surface area contributed by atoms with Crippen molar-refractivity contribution in [2.75, 3.05) is 6.61 Å². The molecule has 112 valence electrons. The average Bonchev–Trinajstić information content (AvgIpc) is 2.83. The van der Waals surface area contributed by atoms with Gasteiger partial charge in [0.2, 0.25) is 0 Å². The third kappa shape index (κ3) is 3.52. The number of benzene rings is 1. The molecule has 2 atom stereocenters. The summed E-state index contributed by atoms with van der Waals surface area (Å²) in [6.45, 7) is 1.81. The highest BCUT2D eigenvalue weighted by Gasteiger charge is 2.26. The molecule has 1 N–H and O–H groups in total. The first-order valence-corrected chi connectivity index (χ1v) is 6.89. The Morgan fingerprint density at radius 1 is 1.43 bits per heavy atom. The van der Waals surface area contributed by atoms with Gasteiger partial charge >= 0.3 is 0 Å². The van der Waals surface area contributed by atoms with E-state index in [1.54, 1.807) is 0 Å². The number of ether oxygens (including phenoxy) is 1. The van der Waals surface area contributed by atoms with E-state index >= 15 is 0 Å². The number of halogens is 2. The molecular weight excluding hydrogens is 276 g/mol. The van der Waals surface area contributed by atoms with E-state index in [1.165, 1.54) is 0 Å². The zero-order chi connectivity index (χ0) is 15.4. The molecule has 3 nitrogen and oxygen atoms in total. The minimum atomic E-state index is -0.935. The molecule has 1 saturated carbocycles. The molecule has 2 rings (SSSR count). The van der Waals surface area contributed by atoms with E-state index in [2.05, 4.69) is 18.2 Å². The minimum Gasteiger partial charge on any atom is -0.475 e. The molecule has 1 aliphatic carbocycles. The Balaban J connectivity index is 2.13. The molecule has 0 heterocycles. The van der Waals surface area contributed by atoms with Crippen LogP contribution < -0.4 is 10.1 Å². The largest absolute Gasteiger partial charge is 0.475 e. The van der Waals surface area contributed by atoms with Crippen LogP contribution in [0.4, 0.5) is 8.78 Å². The van der Waals surface area contributed by atoms with Crippen molar-refractivity contribution in [2.24, 2.45) is 5.92 Å². The number of hydrogen-bond acceptors (Lipinski definition) is 2. The molecule has 1 aliphatic rings. The highest BCUT2D eigenvalue weighted by atomic mass is 19.1. The van der Waals surface area contributed by atoms with Gasteiger partial charge in [-0.1, -0.05) is 19.3 Å². The highest BCUT2D eigenvalue weighted by molar-refractivity contribution is 5.94. The lowest BCUT2D eigenvalue weighted by molar-refractivity contribution is 0.0928. The van der Waals surface area contributed by atoms with E-state index in [1.807, 2.05) is 0 Å². The molecule has 21 heavy (non-hydrogen) atoms. The van der Waals surface area contributed by atoms with Crippen LogP contribution in [0.25, 0.3) is 0 Å². The third-order valence-electron chi connectivity index (χ3n) is 3.74. The summed E-state index contributed by atoms with van der Waals surface area (Å²) in [6.07, 6.45) is 7.96. The van der Waals surface area contributed by atoms with Crippen LogP contribution in [0.2, 0.25) is 0 Å². The minimum absolute atomic E-state index is 0.0565. The van der Waals surface area contributed by atoms with Gasteiger partial charge in [0.15, 0.2) is 17.4 Å². The standard InChI is InChI=1S/C16H17F2NO2/c1-3-7-21-15-12(17)8-11(9-13(15)18)16(20)19-14-6-4-5-10(14)2/h1,8-10,14H,4-7H2,2H3,(H,19,20). The lowest BCUT2D eigenvalue weighted by Gasteiger charge is -2.17. The first-order chi connectivity index (χ1) is 10.0. The summed E-state index contributed by atoms with van der Waals surface area (Å²) < 4.78 is 32.3. The van der Waals surface area contributed by atoms with Gasteiger partial charge in [-0.05, 0) is 30.9 Å². The number of carbonyl (C=O) groups is 1. The van der Waals surface area contributed by atoms with Crippen molar-refractivity contribution in [1.82, 2.24) is 5.32 Å². The average molecular weight is 293 g/mol. The second kappa shape index (κ2) is 6.57. The van der Waals surface area contributed by atoms with Crippen LogP contribution in [0.1, 0.15) is 36.5 Å². The quantitative estimate of drug-likeness (QED) is 0.867. The maximum atomic E-state index is 13.8. The molecule has 1 aromatic rings. The Labute approximate surface area is 122 Å². The smallest absolute Gasteiger partial charge is 0.251 e. The van der Waals surface area contributed by atoms with Crippen molar-refractivity contribution in [3.8, 4) is 18.1 Å². The zero-order valence-electron chi connectivity index (χ0n) is 11.8. The van der Waals surface area contributed by atoms with Gasteiger partial charge in [0.25, 0.3) is 5.91 Å². The molecule has 0 aromatic heterocycles. The van der Waals surface area contributed by atoms with Gasteiger partial charge in [-0.2, -0.15) is 0 Å². The second-order valence-electron chi connectivity index (χ2n) is 5.25. The molecule has 0 saturated heterocycles. The van der Waals surface area contributed by atoms with Crippen LogP contribution in [0.15, 0.2) is 12.1 Å². The summed E-state index contributed by atoms with van der Waals surface area (Å²) in [5.74, 6) is -0.401. The van der Waals surface area contributed by atoms with Gasteiger partial charge in [0.1, 0.15) is 6.61 Å². The highest BCUT2D eigenvalue weighted by Crippen LogP contribution is 2.26. The Morgan fingerprint density at radius 2 is 2.10 bits per heavy atom. The predicted molar refractivity (Wildman–Crippen MR) is 75.0 cm³/mol. The van der Waals surface area contributed by atoms with Crippen molar-refractivity contribution < 1.29 is 18.3 Å². The predicted octanol–water partition coefficient (Wildman–Crippen LogP) is 2.90. The fourth-order valence-electron chi connectivity index (χ4n) is 2.55. The van der Waals surface area contributed by atoms with Crippen molar-refractivity contribution >= 4 is 5.91 Å². The van der Waals surface area contributed by atoms with Crippen molar-refractivity contribution in [3.63, 3.8) is 0 Å². The fraction of sp³-hybridized carbons (Fsp3) is 0.438. The summed E-state index contributed by atoms with van der Waals surface area (Å²) in [6, 6.07) is 1.98. The maximum Gasteiger partial charge on any atom is 0.251 e. The van der Waals surface area contributed by atoms with E-state index in [9.17, 15) is 13.6 Å². The van der Waals surface area contributed by atoms with Crippen molar-refractivity contribution in [2.45, 2.75) is 32.2 Å². The van der Waals surface area contributed by atoms with E-state index in [-0.39, 0.29) is 18.2 Å². The van der Waals surface area contributed by atoms with Gasteiger partial charge in [0.05, 0.1) is 0 Å². The monoisotopic (exact) mass is 293 g/mol. The molecule has 1 fully saturated rings. The molecule has 1 aromatic carbocycles. The SMILES string of the molecule is C#CCOc1c(F)cc(C(=O)NC2CCCC2C)cc1F. The summed E-state index contributed by atoms with van der Waals surface area (Å²) in [5, 5.41) is 2.82. The molecular formula is C16H17F2NO2. The number of carbonyl (C=O) groups excluding carboxylic acids is 1. The molecule has 0 spiro atoms. The lowest BCUT2D eigenvalue weighted by Crippen LogP contribution is -2.36. The molecule has 2 unspecified atom stereocenters. The van der Waals surface area contributed by atoms with Gasteiger partial charge in [-0.3, -0.25) is 4.79 Å². The van der Waals surface area contributed by atoms with E-state index < -0.39 is 23.3 Å². The molecule has 0 radical (unpaired) electrons. The maximum absolute atomic E-state index is 13.8. The number of hydrogen-bond donors (Lipinski definition) is 1. The number of amides is 1. The third-order valence-corrected chi connectivity index (χ3v) is 3.74. The summed E-state index contributed by atoms with van der Waals surface area (Å²) in [4.78, 5) is 12.1. The summed E-state index contributed by atoms with van der Waals surface area (Å²) in [5.41, 5.74) is -0.0582. The van der Waals surface area contributed by atoms with Crippen molar-refractivity contribution in [1.29, 1.82) is 0 Å². The van der Waals surface area contributed by atoms with Crippen LogP contribution in [-0.4, -0.2) is 18.6 Å². The van der Waals surface area contributed by atoms with Gasteiger partial charge in [-0.15, -0.1) is 6.42 Å². The first-order valence-electron chi connectivity index (χ1n) is 6.89. The zero-order valence-corrected chi connectivity index (χ0v) is 11.8. The van der Waals surface area contributed by atoms with Crippen molar-refractivity contribution in [3.05, 3.63) is 29.3 Å². The van der Waals surface area contributed by atoms with E-state index in [4.69, 9.17) is 11.2 Å². The normalized spacial score (nSPS) is 20.9. The van der Waals surface area contributed by atoms with E-state index in [0.29, 0.717) is 5.92 Å². The second-order valence-corrected chi connectivity index (χ2v) is 5.25. The van der Waals surface area contributed by atoms with Gasteiger partial charge in [0, 0.05) is 11.6 Å².